The number of rotatable bonds is 11. The van der Waals surface area contributed by atoms with Gasteiger partial charge < -0.3 is 18.2 Å². The second-order valence-electron chi connectivity index (χ2n) is 10.7. The largest absolute Gasteiger partial charge is 0.411 e. The quantitative estimate of drug-likeness (QED) is 0.194. The minimum Gasteiger partial charge on any atom is -0.411 e. The van der Waals surface area contributed by atoms with E-state index in [0.717, 1.165) is 6.42 Å². The van der Waals surface area contributed by atoms with E-state index in [1.165, 1.54) is 0 Å². The maximum absolute atomic E-state index is 9.01. The molecule has 1 fully saturated rings. The molecule has 0 aromatic carbocycles. The van der Waals surface area contributed by atoms with Gasteiger partial charge in [0.1, 0.15) is 6.10 Å². The third kappa shape index (κ3) is 8.03. The van der Waals surface area contributed by atoms with Gasteiger partial charge in [0, 0.05) is 18.0 Å². The molecular weight excluding hydrogens is 427 g/mol. The van der Waals surface area contributed by atoms with E-state index >= 15 is 0 Å². The summed E-state index contributed by atoms with van der Waals surface area (Å²) in [5, 5.41) is 9.12. The Labute approximate surface area is 194 Å². The van der Waals surface area contributed by atoms with Crippen molar-refractivity contribution in [3.05, 3.63) is 0 Å². The van der Waals surface area contributed by atoms with E-state index in [1.54, 1.807) is 0 Å². The minimum atomic E-state index is -2.00. The second kappa shape index (κ2) is 12.4. The lowest BCUT2D eigenvalue weighted by atomic mass is 9.93. The first kappa shape index (κ1) is 29.0. The van der Waals surface area contributed by atoms with Crippen LogP contribution in [0.4, 0.5) is 0 Å². The molecule has 1 rings (SSSR count). The van der Waals surface area contributed by atoms with Crippen molar-refractivity contribution in [3.8, 4) is 6.07 Å². The van der Waals surface area contributed by atoms with Crippen LogP contribution in [0.1, 0.15) is 75.2 Å². The van der Waals surface area contributed by atoms with Crippen molar-refractivity contribution in [1.29, 1.82) is 5.26 Å². The van der Waals surface area contributed by atoms with Gasteiger partial charge in [-0.2, -0.15) is 5.26 Å². The van der Waals surface area contributed by atoms with Crippen molar-refractivity contribution < 1.29 is 18.2 Å². The van der Waals surface area contributed by atoms with Crippen LogP contribution < -0.4 is 0 Å². The highest BCUT2D eigenvalue weighted by molar-refractivity contribution is 7.44. The predicted molar refractivity (Wildman–Crippen MR) is 131 cm³/mol. The molecule has 1 saturated heterocycles. The van der Waals surface area contributed by atoms with Crippen LogP contribution in [-0.4, -0.2) is 56.6 Å². The molecule has 6 nitrogen and oxygen atoms in total. The summed E-state index contributed by atoms with van der Waals surface area (Å²) in [5.41, 5.74) is 0. The summed E-state index contributed by atoms with van der Waals surface area (Å²) in [5.74, 6) is 0.240. The van der Waals surface area contributed by atoms with Crippen molar-refractivity contribution in [3.63, 3.8) is 0 Å². The molecule has 0 amide bonds. The van der Waals surface area contributed by atoms with Gasteiger partial charge in [-0.1, -0.05) is 34.6 Å². The zero-order valence-corrected chi connectivity index (χ0v) is 23.7. The molecule has 0 saturated carbocycles. The fourth-order valence-electron chi connectivity index (χ4n) is 3.58. The molecular formula is C23H47N2O4PSi. The Kier molecular flexibility index (Phi) is 11.6. The van der Waals surface area contributed by atoms with Gasteiger partial charge in [-0.25, -0.2) is 4.67 Å². The molecule has 0 aliphatic carbocycles. The Morgan fingerprint density at radius 2 is 1.74 bits per heavy atom. The normalized spacial score (nSPS) is 26.5. The lowest BCUT2D eigenvalue weighted by Crippen LogP contribution is -2.57. The van der Waals surface area contributed by atoms with Gasteiger partial charge in [-0.05, 0) is 52.2 Å². The van der Waals surface area contributed by atoms with Crippen molar-refractivity contribution in [1.82, 2.24) is 4.67 Å². The van der Waals surface area contributed by atoms with Crippen LogP contribution >= 0.6 is 8.53 Å². The van der Waals surface area contributed by atoms with Gasteiger partial charge >= 0.3 is 0 Å². The Hall–Kier alpha value is -0.0631. The summed E-state index contributed by atoms with van der Waals surface area (Å²) in [4.78, 5) is 0. The topological polar surface area (TPSA) is 64.0 Å². The van der Waals surface area contributed by atoms with Gasteiger partial charge in [-0.3, -0.25) is 0 Å². The Balaban J connectivity index is 3.25. The predicted octanol–water partition coefficient (Wildman–Crippen LogP) is 6.48. The molecule has 0 N–H and O–H groups in total. The number of ether oxygens (including phenoxy) is 1. The first-order valence-electron chi connectivity index (χ1n) is 11.8. The molecule has 1 aliphatic heterocycles. The van der Waals surface area contributed by atoms with Crippen LogP contribution in [0.15, 0.2) is 0 Å². The number of hydrogen-bond acceptors (Lipinski definition) is 6. The molecule has 5 atom stereocenters. The lowest BCUT2D eigenvalue weighted by Gasteiger charge is -2.48. The summed E-state index contributed by atoms with van der Waals surface area (Å²) < 4.78 is 28.4. The van der Waals surface area contributed by atoms with Crippen molar-refractivity contribution in [2.75, 3.05) is 13.2 Å². The third-order valence-electron chi connectivity index (χ3n) is 6.34. The molecule has 5 unspecified atom stereocenters. The fourth-order valence-corrected chi connectivity index (χ4v) is 6.75. The van der Waals surface area contributed by atoms with Crippen LogP contribution in [0.3, 0.4) is 0 Å². The van der Waals surface area contributed by atoms with Gasteiger partial charge in [-0.15, -0.1) is 0 Å². The maximum atomic E-state index is 9.01. The number of hydrogen-bond donors (Lipinski definition) is 0. The van der Waals surface area contributed by atoms with Gasteiger partial charge in [0.2, 0.25) is 0 Å². The zero-order chi connectivity index (χ0) is 24.0. The van der Waals surface area contributed by atoms with E-state index in [9.17, 15) is 0 Å². The highest BCUT2D eigenvalue weighted by Gasteiger charge is 2.48. The van der Waals surface area contributed by atoms with Gasteiger partial charge in [0.05, 0.1) is 37.9 Å². The minimum absolute atomic E-state index is 0.0308. The van der Waals surface area contributed by atoms with Gasteiger partial charge in [0.25, 0.3) is 8.53 Å². The van der Waals surface area contributed by atoms with E-state index in [-0.39, 0.29) is 41.4 Å². The Bertz CT molecular complexity index is 569. The number of nitrogens with zero attached hydrogens (tertiary/aromatic N) is 2. The monoisotopic (exact) mass is 474 g/mol. The highest BCUT2D eigenvalue weighted by atomic mass is 31.2. The van der Waals surface area contributed by atoms with Crippen molar-refractivity contribution in [2.45, 2.75) is 124 Å². The summed E-state index contributed by atoms with van der Waals surface area (Å²) in [6, 6.07) is 2.69. The summed E-state index contributed by atoms with van der Waals surface area (Å²) in [6.07, 6.45) is 0.947. The standard InChI is InChI=1S/C23H47N2O4PSi/c1-12-20-22(21(19(6)16-26-20)29-31(10,11)23(7,8)9)28-30(27-15-13-14-24)25(17(2)3)18(4)5/h17-22H,12-13,15-16H2,1-11H3. The second-order valence-corrected chi connectivity index (χ2v) is 16.9. The molecule has 182 valence electrons. The molecule has 0 bridgehead atoms. The summed E-state index contributed by atoms with van der Waals surface area (Å²) in [7, 11) is -3.34. The average molecular weight is 475 g/mol. The Morgan fingerprint density at radius 3 is 2.19 bits per heavy atom. The lowest BCUT2D eigenvalue weighted by molar-refractivity contribution is -0.148. The zero-order valence-electron chi connectivity index (χ0n) is 21.8. The molecule has 31 heavy (non-hydrogen) atoms. The van der Waals surface area contributed by atoms with E-state index < -0.39 is 16.8 Å². The first-order chi connectivity index (χ1) is 14.3. The van der Waals surface area contributed by atoms with Crippen LogP contribution in [0, 0.1) is 17.2 Å². The molecule has 0 radical (unpaired) electrons. The first-order valence-corrected chi connectivity index (χ1v) is 15.8. The fraction of sp³-hybridized carbons (Fsp3) is 0.957. The SMILES string of the molecule is CCC1OCC(C)C(O[Si](C)(C)C(C)(C)C)C1OP(OCCC#N)N(C(C)C)C(C)C. The summed E-state index contributed by atoms with van der Waals surface area (Å²) >= 11 is 0. The average Bonchev–Trinajstić information content (AvgIpc) is 2.63. The van der Waals surface area contributed by atoms with Crippen LogP contribution in [-0.2, 0) is 18.2 Å². The maximum Gasteiger partial charge on any atom is 0.259 e. The van der Waals surface area contributed by atoms with Crippen LogP contribution in [0.5, 0.6) is 0 Å². The van der Waals surface area contributed by atoms with Crippen molar-refractivity contribution >= 4 is 16.8 Å². The molecule has 0 aromatic heterocycles. The smallest absolute Gasteiger partial charge is 0.259 e. The van der Waals surface area contributed by atoms with Crippen molar-refractivity contribution in [2.24, 2.45) is 5.92 Å². The molecule has 1 heterocycles. The molecule has 0 aromatic rings. The number of nitriles is 1. The third-order valence-corrected chi connectivity index (χ3v) is 12.9. The van der Waals surface area contributed by atoms with E-state index in [1.807, 2.05) is 0 Å². The molecule has 1 aliphatic rings. The van der Waals surface area contributed by atoms with E-state index in [4.69, 9.17) is 23.5 Å². The molecule has 8 heteroatoms. The highest BCUT2D eigenvalue weighted by Crippen LogP contribution is 2.50. The summed E-state index contributed by atoms with van der Waals surface area (Å²) in [6.45, 7) is 25.4. The van der Waals surface area contributed by atoms with E-state index in [2.05, 4.69) is 86.1 Å². The van der Waals surface area contributed by atoms with Crippen LogP contribution in [0.2, 0.25) is 18.1 Å². The van der Waals surface area contributed by atoms with Crippen LogP contribution in [0.25, 0.3) is 0 Å². The molecule has 0 spiro atoms. The Morgan fingerprint density at radius 1 is 1.16 bits per heavy atom. The van der Waals surface area contributed by atoms with E-state index in [0.29, 0.717) is 19.6 Å². The van der Waals surface area contributed by atoms with Gasteiger partial charge in [0.15, 0.2) is 8.32 Å².